The van der Waals surface area contributed by atoms with E-state index in [2.05, 4.69) is 121 Å². The third-order valence-corrected chi connectivity index (χ3v) is 10.1. The van der Waals surface area contributed by atoms with Crippen molar-refractivity contribution in [2.45, 2.75) is 75.3 Å². The zero-order valence-electron chi connectivity index (χ0n) is 28.0. The molecule has 0 bridgehead atoms. The molecule has 0 aromatic heterocycles. The Balaban J connectivity index is 0.000000238. The molecule has 1 aliphatic heterocycles. The molecule has 0 atom stereocenters. The molecule has 3 aromatic rings. The van der Waals surface area contributed by atoms with Crippen molar-refractivity contribution in [2.75, 3.05) is 43.0 Å². The first kappa shape index (κ1) is 35.6. The van der Waals surface area contributed by atoms with E-state index in [1.165, 1.54) is 50.4 Å². The van der Waals surface area contributed by atoms with E-state index >= 15 is 0 Å². The van der Waals surface area contributed by atoms with Crippen molar-refractivity contribution in [3.8, 4) is 5.75 Å². The van der Waals surface area contributed by atoms with E-state index in [0.29, 0.717) is 0 Å². The predicted octanol–water partition coefficient (Wildman–Crippen LogP) is 9.51. The molecule has 0 spiro atoms. The van der Waals surface area contributed by atoms with Crippen LogP contribution in [0, 0.1) is 48.2 Å². The summed E-state index contributed by atoms with van der Waals surface area (Å²) in [4.78, 5) is 4.81. The van der Waals surface area contributed by atoms with Gasteiger partial charge in [0.15, 0.2) is 0 Å². The fourth-order valence-electron chi connectivity index (χ4n) is 6.06. The number of hydrogen-bond donors (Lipinski definition) is 0. The number of quaternary nitrogens is 1. The number of halogens is 2. The van der Waals surface area contributed by atoms with Gasteiger partial charge in [-0.25, -0.2) is 0 Å². The smallest absolute Gasteiger partial charge is 0.0146 e. The monoisotopic (exact) mass is 713 g/mol. The Morgan fingerprint density at radius 3 is 1.63 bits per heavy atom. The molecule has 1 aliphatic rings. The van der Waals surface area contributed by atoms with Crippen molar-refractivity contribution >= 4 is 41.1 Å². The van der Waals surface area contributed by atoms with Gasteiger partial charge < -0.3 is 9.80 Å². The SMILES string of the molecule is CC[N+](C)(CC)c1ccc([CH]=[Ru]([Cl])[Cl])c(OC(C)C)c1.Cc1cc(C)c(N2[CH-]N(c3c(C)cc(C)cc3C)CC2)c(C)c1. The molecule has 0 aliphatic carbocycles. The molecule has 0 radical (unpaired) electrons. The maximum absolute atomic E-state index is 6.00. The molecule has 4 rings (SSSR count). The van der Waals surface area contributed by atoms with Crippen molar-refractivity contribution in [2.24, 2.45) is 0 Å². The van der Waals surface area contributed by atoms with Gasteiger partial charge in [0.2, 0.25) is 0 Å². The zero-order chi connectivity index (χ0) is 32.1. The van der Waals surface area contributed by atoms with Crippen LogP contribution in [-0.2, 0) is 13.5 Å². The minimum Gasteiger partial charge on any atom is -0.502 e. The topological polar surface area (TPSA) is 15.7 Å². The van der Waals surface area contributed by atoms with Crippen LogP contribution in [0.15, 0.2) is 42.5 Å². The summed E-state index contributed by atoms with van der Waals surface area (Å²) in [6.45, 7) is 28.1. The first-order valence-corrected chi connectivity index (χ1v) is 20.7. The van der Waals surface area contributed by atoms with Crippen LogP contribution in [0.2, 0.25) is 0 Å². The number of ether oxygens (including phenoxy) is 1. The zero-order valence-corrected chi connectivity index (χ0v) is 31.2. The number of rotatable bonds is 8. The van der Waals surface area contributed by atoms with Crippen LogP contribution in [0.1, 0.15) is 66.6 Å². The van der Waals surface area contributed by atoms with Gasteiger partial charge in [-0.15, -0.1) is 0 Å². The first-order chi connectivity index (χ1) is 20.2. The minimum atomic E-state index is -1.85. The van der Waals surface area contributed by atoms with Crippen molar-refractivity contribution in [3.05, 3.63) is 88.1 Å². The molecule has 238 valence electrons. The Bertz CT molecular complexity index is 1330. The Morgan fingerprint density at radius 2 is 1.26 bits per heavy atom. The summed E-state index contributed by atoms with van der Waals surface area (Å²) in [6.07, 6.45) is 0.130. The van der Waals surface area contributed by atoms with E-state index < -0.39 is 13.5 Å². The molecule has 0 N–H and O–H groups in total. The summed E-state index contributed by atoms with van der Waals surface area (Å²) < 4.78 is 8.76. The van der Waals surface area contributed by atoms with Crippen molar-refractivity contribution < 1.29 is 18.3 Å². The second kappa shape index (κ2) is 15.4. The van der Waals surface area contributed by atoms with Crippen molar-refractivity contribution in [1.29, 1.82) is 0 Å². The summed E-state index contributed by atoms with van der Waals surface area (Å²) in [5, 5.41) is 0. The third-order valence-electron chi connectivity index (χ3n) is 8.27. The van der Waals surface area contributed by atoms with Crippen LogP contribution in [0.5, 0.6) is 5.75 Å². The molecule has 1 saturated heterocycles. The fraction of sp³-hybridized carbons (Fsp3) is 0.444. The molecule has 0 saturated carbocycles. The maximum Gasteiger partial charge on any atom is 0.0146 e. The number of aryl methyl sites for hydroxylation is 6. The van der Waals surface area contributed by atoms with Gasteiger partial charge in [-0.2, -0.15) is 6.67 Å². The third kappa shape index (κ3) is 9.07. The summed E-state index contributed by atoms with van der Waals surface area (Å²) in [5.41, 5.74) is 13.1. The first-order valence-electron chi connectivity index (χ1n) is 15.2. The molecule has 0 unspecified atom stereocenters. The summed E-state index contributed by atoms with van der Waals surface area (Å²) in [6, 6.07) is 15.5. The van der Waals surface area contributed by atoms with Gasteiger partial charge >= 0.3 is 136 Å². The van der Waals surface area contributed by atoms with Crippen molar-refractivity contribution in [1.82, 2.24) is 4.48 Å². The average molecular weight is 714 g/mol. The Morgan fingerprint density at radius 1 is 0.814 bits per heavy atom. The number of anilines is 2. The van der Waals surface area contributed by atoms with Crippen LogP contribution in [0.4, 0.5) is 17.1 Å². The summed E-state index contributed by atoms with van der Waals surface area (Å²) >= 11 is -1.85. The second-order valence-electron chi connectivity index (χ2n) is 12.2. The molecule has 1 heterocycles. The molecule has 1 fully saturated rings. The van der Waals surface area contributed by atoms with Gasteiger partial charge in [0, 0.05) is 24.5 Å². The van der Waals surface area contributed by atoms with E-state index in [1.807, 2.05) is 18.5 Å². The quantitative estimate of drug-likeness (QED) is 0.132. The van der Waals surface area contributed by atoms with Gasteiger partial charge in [-0.1, -0.05) is 35.4 Å². The van der Waals surface area contributed by atoms with Crippen LogP contribution in [-0.4, -0.2) is 43.9 Å². The standard InChI is InChI=1S/C21H27N2.C15H24NO.2ClH.Ru/c1-14-9-16(3)20(17(4)10-14)22-7-8-23(13-22)21-18(5)11-15(2)12-19(21)6;1-7-16(6,8-2)14-10-9-13(5)15(11-14)17-12(3)4;;;/h9-13H,7-8H2,1-6H3;5,9-12H,7-8H2,1-4,6H3;2*1H;/q-1;+1;;;+2/p-2. The maximum atomic E-state index is 6.00. The van der Waals surface area contributed by atoms with Crippen LogP contribution < -0.4 is 19.0 Å². The van der Waals surface area contributed by atoms with Crippen molar-refractivity contribution in [3.63, 3.8) is 0 Å². The van der Waals surface area contributed by atoms with Gasteiger partial charge in [0.25, 0.3) is 0 Å². The Labute approximate surface area is 274 Å². The molecule has 0 amide bonds. The van der Waals surface area contributed by atoms with E-state index in [9.17, 15) is 0 Å². The van der Waals surface area contributed by atoms with Crippen LogP contribution in [0.25, 0.3) is 0 Å². The fourth-order valence-corrected chi connectivity index (χ4v) is 7.87. The summed E-state index contributed by atoms with van der Waals surface area (Å²) in [5.74, 6) is 0.878. The van der Waals surface area contributed by atoms with Gasteiger partial charge in [0.05, 0.1) is 0 Å². The largest absolute Gasteiger partial charge is 0.502 e. The second-order valence-corrected chi connectivity index (χ2v) is 17.9. The minimum absolute atomic E-state index is 0.130. The normalized spacial score (nSPS) is 13.7. The van der Waals surface area contributed by atoms with E-state index in [1.54, 1.807) is 0 Å². The van der Waals surface area contributed by atoms with Gasteiger partial charge in [-0.05, 0) is 63.8 Å². The average Bonchev–Trinajstić information content (AvgIpc) is 3.36. The van der Waals surface area contributed by atoms with Crippen LogP contribution >= 0.6 is 19.4 Å². The number of nitrogens with zero attached hydrogens (tertiary/aromatic N) is 3. The Hall–Kier alpha value is -1.91. The van der Waals surface area contributed by atoms with Crippen LogP contribution in [0.3, 0.4) is 0 Å². The van der Waals surface area contributed by atoms with E-state index in [4.69, 9.17) is 24.1 Å². The summed E-state index contributed by atoms with van der Waals surface area (Å²) in [7, 11) is 14.2. The van der Waals surface area contributed by atoms with E-state index in [0.717, 1.165) is 42.0 Å². The molecule has 4 nitrogen and oxygen atoms in total. The predicted molar refractivity (Wildman–Crippen MR) is 188 cm³/mol. The van der Waals surface area contributed by atoms with E-state index in [-0.39, 0.29) is 6.10 Å². The number of benzene rings is 3. The molecule has 3 aromatic carbocycles. The Kier molecular flexibility index (Phi) is 12.7. The molecule has 43 heavy (non-hydrogen) atoms. The number of hydrogen-bond acceptors (Lipinski definition) is 3. The molecular weight excluding hydrogens is 662 g/mol. The van der Waals surface area contributed by atoms with Gasteiger partial charge in [0.1, 0.15) is 0 Å². The molecule has 7 heteroatoms. The van der Waals surface area contributed by atoms with Gasteiger partial charge in [-0.3, -0.25) is 0 Å². The molecular formula is C36H51Cl2N3ORu.